The van der Waals surface area contributed by atoms with Crippen molar-refractivity contribution < 1.29 is 19.5 Å². The number of aromatic carboxylic acids is 1. The van der Waals surface area contributed by atoms with Crippen molar-refractivity contribution in [3.63, 3.8) is 0 Å². The van der Waals surface area contributed by atoms with E-state index in [1.807, 2.05) is 0 Å². The Hall–Kier alpha value is -1.89. The SMILES string of the molecule is CNC(=O)C(C)CN(C)C(=O)c1ccc(C(=O)O)s1. The third-order valence-electron chi connectivity index (χ3n) is 2.62. The van der Waals surface area contributed by atoms with E-state index in [2.05, 4.69) is 5.32 Å². The zero-order chi connectivity index (χ0) is 14.6. The number of carboxylic acid groups (broad SMARTS) is 1. The second-order valence-corrected chi connectivity index (χ2v) is 5.25. The first-order valence-electron chi connectivity index (χ1n) is 5.67. The van der Waals surface area contributed by atoms with Crippen LogP contribution in [0.5, 0.6) is 0 Å². The maximum absolute atomic E-state index is 12.0. The highest BCUT2D eigenvalue weighted by Gasteiger charge is 2.20. The van der Waals surface area contributed by atoms with Crippen LogP contribution >= 0.6 is 11.3 Å². The zero-order valence-electron chi connectivity index (χ0n) is 11.0. The zero-order valence-corrected chi connectivity index (χ0v) is 11.8. The molecular formula is C12H16N2O4S. The topological polar surface area (TPSA) is 86.7 Å². The molecule has 7 heteroatoms. The number of nitrogens with zero attached hydrogens (tertiary/aromatic N) is 1. The first kappa shape index (κ1) is 15.2. The first-order chi connectivity index (χ1) is 8.86. The maximum atomic E-state index is 12.0. The lowest BCUT2D eigenvalue weighted by molar-refractivity contribution is -0.124. The van der Waals surface area contributed by atoms with Crippen molar-refractivity contribution in [2.45, 2.75) is 6.92 Å². The molecule has 0 aliphatic heterocycles. The van der Waals surface area contributed by atoms with Gasteiger partial charge >= 0.3 is 5.97 Å². The summed E-state index contributed by atoms with van der Waals surface area (Å²) < 4.78 is 0. The van der Waals surface area contributed by atoms with Crippen LogP contribution in [0.4, 0.5) is 0 Å². The average Bonchev–Trinajstić information content (AvgIpc) is 2.86. The van der Waals surface area contributed by atoms with E-state index in [0.717, 1.165) is 11.3 Å². The summed E-state index contributed by atoms with van der Waals surface area (Å²) in [6.45, 7) is 2.00. The number of hydrogen-bond donors (Lipinski definition) is 2. The summed E-state index contributed by atoms with van der Waals surface area (Å²) in [5.41, 5.74) is 0. The monoisotopic (exact) mass is 284 g/mol. The van der Waals surface area contributed by atoms with Crippen molar-refractivity contribution in [3.05, 3.63) is 21.9 Å². The summed E-state index contributed by atoms with van der Waals surface area (Å²) in [7, 11) is 3.13. The number of carbonyl (C=O) groups is 3. The van der Waals surface area contributed by atoms with Crippen molar-refractivity contribution in [2.24, 2.45) is 5.92 Å². The highest BCUT2D eigenvalue weighted by molar-refractivity contribution is 7.15. The third-order valence-corrected chi connectivity index (χ3v) is 3.68. The molecule has 1 atom stereocenters. The number of hydrogen-bond acceptors (Lipinski definition) is 4. The van der Waals surface area contributed by atoms with E-state index in [1.165, 1.54) is 17.0 Å². The summed E-state index contributed by atoms with van der Waals surface area (Å²) in [5, 5.41) is 11.3. The van der Waals surface area contributed by atoms with E-state index in [4.69, 9.17) is 5.11 Å². The molecule has 0 radical (unpaired) electrons. The van der Waals surface area contributed by atoms with Crippen LogP contribution < -0.4 is 5.32 Å². The Morgan fingerprint density at radius 3 is 2.42 bits per heavy atom. The van der Waals surface area contributed by atoms with Crippen LogP contribution in [0.25, 0.3) is 0 Å². The quantitative estimate of drug-likeness (QED) is 0.841. The Bertz CT molecular complexity index is 498. The fourth-order valence-corrected chi connectivity index (χ4v) is 2.42. The van der Waals surface area contributed by atoms with Gasteiger partial charge in [-0.1, -0.05) is 6.92 Å². The second-order valence-electron chi connectivity index (χ2n) is 4.17. The maximum Gasteiger partial charge on any atom is 0.345 e. The molecule has 0 aliphatic carbocycles. The molecule has 1 aromatic heterocycles. The Balaban J connectivity index is 2.71. The van der Waals surface area contributed by atoms with Crippen LogP contribution in [-0.4, -0.2) is 48.4 Å². The Kier molecular flexibility index (Phi) is 5.05. The Morgan fingerprint density at radius 1 is 1.37 bits per heavy atom. The summed E-state index contributed by atoms with van der Waals surface area (Å²) >= 11 is 0.927. The average molecular weight is 284 g/mol. The highest BCUT2D eigenvalue weighted by Crippen LogP contribution is 2.18. The summed E-state index contributed by atoms with van der Waals surface area (Å²) in [6.07, 6.45) is 0. The summed E-state index contributed by atoms with van der Waals surface area (Å²) in [6, 6.07) is 2.88. The summed E-state index contributed by atoms with van der Waals surface area (Å²) in [4.78, 5) is 36.0. The van der Waals surface area contributed by atoms with Gasteiger partial charge in [0.15, 0.2) is 0 Å². The highest BCUT2D eigenvalue weighted by atomic mass is 32.1. The largest absolute Gasteiger partial charge is 0.477 e. The van der Waals surface area contributed by atoms with Gasteiger partial charge in [0, 0.05) is 20.6 Å². The number of thiophene rings is 1. The van der Waals surface area contributed by atoms with Gasteiger partial charge in [0.05, 0.1) is 10.8 Å². The summed E-state index contributed by atoms with van der Waals surface area (Å²) in [5.74, 6) is -1.80. The number of amides is 2. The minimum Gasteiger partial charge on any atom is -0.477 e. The van der Waals surface area contributed by atoms with Gasteiger partial charge < -0.3 is 15.3 Å². The molecule has 0 aromatic carbocycles. The first-order valence-corrected chi connectivity index (χ1v) is 6.48. The molecule has 0 spiro atoms. The molecule has 0 bridgehead atoms. The lowest BCUT2D eigenvalue weighted by Crippen LogP contribution is -2.37. The van der Waals surface area contributed by atoms with Crippen LogP contribution in [0.1, 0.15) is 26.3 Å². The fourth-order valence-electron chi connectivity index (χ4n) is 1.58. The second kappa shape index (κ2) is 6.33. The van der Waals surface area contributed by atoms with Crippen LogP contribution in [0.3, 0.4) is 0 Å². The van der Waals surface area contributed by atoms with Gasteiger partial charge in [-0.05, 0) is 12.1 Å². The van der Waals surface area contributed by atoms with E-state index >= 15 is 0 Å². The minimum atomic E-state index is -1.05. The van der Waals surface area contributed by atoms with Gasteiger partial charge in [-0.2, -0.15) is 0 Å². The lowest BCUT2D eigenvalue weighted by Gasteiger charge is -2.20. The molecule has 0 fully saturated rings. The van der Waals surface area contributed by atoms with Crippen molar-refractivity contribution in [3.8, 4) is 0 Å². The fraction of sp³-hybridized carbons (Fsp3) is 0.417. The molecule has 1 heterocycles. The van der Waals surface area contributed by atoms with Crippen LogP contribution in [-0.2, 0) is 4.79 Å². The Morgan fingerprint density at radius 2 is 1.95 bits per heavy atom. The molecule has 6 nitrogen and oxygen atoms in total. The molecule has 0 aliphatic rings. The predicted octanol–water partition coefficient (Wildman–Crippen LogP) is 0.900. The van der Waals surface area contributed by atoms with E-state index in [9.17, 15) is 14.4 Å². The standard InChI is InChI=1S/C12H16N2O4S/c1-7(10(15)13-2)6-14(3)11(16)8-4-5-9(19-8)12(17)18/h4-5,7H,6H2,1-3H3,(H,13,15)(H,17,18). The number of rotatable bonds is 5. The van der Waals surface area contributed by atoms with E-state index in [0.29, 0.717) is 4.88 Å². The van der Waals surface area contributed by atoms with E-state index < -0.39 is 5.97 Å². The molecule has 104 valence electrons. The smallest absolute Gasteiger partial charge is 0.345 e. The van der Waals surface area contributed by atoms with Crippen molar-refractivity contribution in [1.29, 1.82) is 0 Å². The van der Waals surface area contributed by atoms with Gasteiger partial charge in [-0.25, -0.2) is 4.79 Å². The number of nitrogens with one attached hydrogen (secondary N) is 1. The van der Waals surface area contributed by atoms with Crippen LogP contribution in [0.2, 0.25) is 0 Å². The lowest BCUT2D eigenvalue weighted by atomic mass is 10.1. The molecule has 19 heavy (non-hydrogen) atoms. The number of carbonyl (C=O) groups excluding carboxylic acids is 2. The molecule has 0 saturated heterocycles. The van der Waals surface area contributed by atoms with Gasteiger partial charge in [-0.3, -0.25) is 9.59 Å². The van der Waals surface area contributed by atoms with Crippen LogP contribution in [0, 0.1) is 5.92 Å². The molecule has 2 amide bonds. The van der Waals surface area contributed by atoms with Crippen molar-refractivity contribution in [2.75, 3.05) is 20.6 Å². The molecule has 0 saturated carbocycles. The molecule has 1 unspecified atom stereocenters. The third kappa shape index (κ3) is 3.78. The van der Waals surface area contributed by atoms with E-state index in [-0.39, 0.29) is 29.2 Å². The number of carboxylic acids is 1. The van der Waals surface area contributed by atoms with Crippen molar-refractivity contribution >= 4 is 29.1 Å². The molecule has 2 N–H and O–H groups in total. The van der Waals surface area contributed by atoms with Crippen LogP contribution in [0.15, 0.2) is 12.1 Å². The Labute approximate surface area is 115 Å². The van der Waals surface area contributed by atoms with Gasteiger partial charge in [0.2, 0.25) is 5.91 Å². The predicted molar refractivity (Wildman–Crippen MR) is 71.5 cm³/mol. The van der Waals surface area contributed by atoms with Crippen molar-refractivity contribution in [1.82, 2.24) is 10.2 Å². The normalized spacial score (nSPS) is 11.7. The molecule has 1 rings (SSSR count). The van der Waals surface area contributed by atoms with E-state index in [1.54, 1.807) is 21.0 Å². The molecule has 1 aromatic rings. The van der Waals surface area contributed by atoms with Gasteiger partial charge in [-0.15, -0.1) is 11.3 Å². The minimum absolute atomic E-state index is 0.121. The van der Waals surface area contributed by atoms with Gasteiger partial charge in [0.25, 0.3) is 5.91 Å². The molecular weight excluding hydrogens is 268 g/mol. The van der Waals surface area contributed by atoms with Gasteiger partial charge in [0.1, 0.15) is 4.88 Å².